The molecule has 2 heterocycles. The summed E-state index contributed by atoms with van der Waals surface area (Å²) in [6.45, 7) is 2.86. The zero-order chi connectivity index (χ0) is 11.4. The molecule has 0 aliphatic carbocycles. The predicted molar refractivity (Wildman–Crippen MR) is 66.1 cm³/mol. The van der Waals surface area contributed by atoms with E-state index in [0.717, 1.165) is 44.2 Å². The van der Waals surface area contributed by atoms with Crippen molar-refractivity contribution < 1.29 is 4.74 Å². The number of nitrogens with zero attached hydrogens (tertiary/aromatic N) is 2. The van der Waals surface area contributed by atoms with Crippen molar-refractivity contribution >= 4 is 17.3 Å². The van der Waals surface area contributed by atoms with Crippen LogP contribution in [0.4, 0.5) is 5.69 Å². The van der Waals surface area contributed by atoms with Gasteiger partial charge in [0, 0.05) is 38.7 Å². The van der Waals surface area contributed by atoms with Crippen LogP contribution in [0.15, 0.2) is 18.3 Å². The molecule has 1 aromatic rings. The summed E-state index contributed by atoms with van der Waals surface area (Å²) in [6, 6.07) is 3.89. The third-order valence-electron chi connectivity index (χ3n) is 3.02. The van der Waals surface area contributed by atoms with Gasteiger partial charge in [0.15, 0.2) is 0 Å². The lowest BCUT2D eigenvalue weighted by Crippen LogP contribution is -2.29. The summed E-state index contributed by atoms with van der Waals surface area (Å²) in [6.07, 6.45) is 4.06. The molecule has 0 unspecified atom stereocenters. The van der Waals surface area contributed by atoms with Crippen LogP contribution in [-0.2, 0) is 4.74 Å². The van der Waals surface area contributed by atoms with Crippen LogP contribution < -0.4 is 4.90 Å². The van der Waals surface area contributed by atoms with Crippen LogP contribution in [0.2, 0.25) is 5.15 Å². The molecule has 1 saturated heterocycles. The first-order valence-corrected chi connectivity index (χ1v) is 6.04. The molecule has 3 nitrogen and oxygen atoms in total. The molecule has 1 aliphatic heterocycles. The number of rotatable bonds is 3. The zero-order valence-corrected chi connectivity index (χ0v) is 10.3. The van der Waals surface area contributed by atoms with E-state index < -0.39 is 0 Å². The maximum atomic E-state index is 5.87. The average molecular weight is 241 g/mol. The quantitative estimate of drug-likeness (QED) is 0.760. The third-order valence-corrected chi connectivity index (χ3v) is 3.23. The molecule has 0 atom stereocenters. The fraction of sp³-hybridized carbons (Fsp3) is 0.583. The molecule has 0 N–H and O–H groups in total. The molecule has 16 heavy (non-hydrogen) atoms. The van der Waals surface area contributed by atoms with Crippen molar-refractivity contribution in [3.63, 3.8) is 0 Å². The van der Waals surface area contributed by atoms with Crippen molar-refractivity contribution in [3.05, 3.63) is 23.5 Å². The minimum atomic E-state index is 0.552. The lowest BCUT2D eigenvalue weighted by atomic mass is 10.00. The molecule has 0 aromatic carbocycles. The Kier molecular flexibility index (Phi) is 4.02. The molecule has 1 aromatic heterocycles. The van der Waals surface area contributed by atoms with Gasteiger partial charge in [-0.1, -0.05) is 11.6 Å². The van der Waals surface area contributed by atoms with Gasteiger partial charge in [0.1, 0.15) is 5.15 Å². The monoisotopic (exact) mass is 240 g/mol. The SMILES string of the molecule is CN(CC1CCOCC1)c1ccnc(Cl)c1. The van der Waals surface area contributed by atoms with E-state index in [4.69, 9.17) is 16.3 Å². The van der Waals surface area contributed by atoms with Gasteiger partial charge >= 0.3 is 0 Å². The van der Waals surface area contributed by atoms with Gasteiger partial charge in [-0.2, -0.15) is 0 Å². The number of ether oxygens (including phenoxy) is 1. The van der Waals surface area contributed by atoms with Crippen LogP contribution in [0.3, 0.4) is 0 Å². The normalized spacial score (nSPS) is 17.4. The standard InChI is InChI=1S/C12H17ClN2O/c1-15(9-10-3-6-16-7-4-10)11-2-5-14-12(13)8-11/h2,5,8,10H,3-4,6-7,9H2,1H3. The van der Waals surface area contributed by atoms with Crippen LogP contribution >= 0.6 is 11.6 Å². The van der Waals surface area contributed by atoms with Crippen molar-refractivity contribution in [1.82, 2.24) is 4.98 Å². The number of hydrogen-bond acceptors (Lipinski definition) is 3. The lowest BCUT2D eigenvalue weighted by Gasteiger charge is -2.28. The first-order chi connectivity index (χ1) is 7.75. The Labute approximate surface area is 101 Å². The molecule has 1 fully saturated rings. The first-order valence-electron chi connectivity index (χ1n) is 5.66. The second kappa shape index (κ2) is 5.51. The Hall–Kier alpha value is -0.800. The Morgan fingerprint density at radius 2 is 2.25 bits per heavy atom. The van der Waals surface area contributed by atoms with Crippen molar-refractivity contribution in [2.45, 2.75) is 12.8 Å². The van der Waals surface area contributed by atoms with E-state index >= 15 is 0 Å². The Balaban J connectivity index is 1.94. The summed E-state index contributed by atoms with van der Waals surface area (Å²) in [7, 11) is 2.10. The molecule has 4 heteroatoms. The summed E-state index contributed by atoms with van der Waals surface area (Å²) in [4.78, 5) is 6.23. The molecule has 2 rings (SSSR count). The summed E-state index contributed by atoms with van der Waals surface area (Å²) >= 11 is 5.87. The van der Waals surface area contributed by atoms with E-state index in [1.807, 2.05) is 12.1 Å². The van der Waals surface area contributed by atoms with Gasteiger partial charge in [-0.3, -0.25) is 0 Å². The number of aromatic nitrogens is 1. The Bertz CT molecular complexity index is 340. The largest absolute Gasteiger partial charge is 0.381 e. The van der Waals surface area contributed by atoms with Crippen LogP contribution in [-0.4, -0.2) is 31.8 Å². The minimum absolute atomic E-state index is 0.552. The summed E-state index contributed by atoms with van der Waals surface area (Å²) < 4.78 is 5.36. The van der Waals surface area contributed by atoms with Gasteiger partial charge in [0.05, 0.1) is 0 Å². The number of hydrogen-bond donors (Lipinski definition) is 0. The van der Waals surface area contributed by atoms with E-state index in [0.29, 0.717) is 5.15 Å². The van der Waals surface area contributed by atoms with Gasteiger partial charge in [-0.25, -0.2) is 4.98 Å². The summed E-state index contributed by atoms with van der Waals surface area (Å²) in [5, 5.41) is 0.552. The number of anilines is 1. The van der Waals surface area contributed by atoms with Gasteiger partial charge in [-0.05, 0) is 30.9 Å². The topological polar surface area (TPSA) is 25.4 Å². The maximum Gasteiger partial charge on any atom is 0.131 e. The number of halogens is 1. The van der Waals surface area contributed by atoms with Gasteiger partial charge in [0.25, 0.3) is 0 Å². The Morgan fingerprint density at radius 1 is 1.50 bits per heavy atom. The lowest BCUT2D eigenvalue weighted by molar-refractivity contribution is 0.0685. The Morgan fingerprint density at radius 3 is 2.94 bits per heavy atom. The second-order valence-corrected chi connectivity index (χ2v) is 4.66. The van der Waals surface area contributed by atoms with E-state index in [2.05, 4.69) is 16.9 Å². The molecular formula is C12H17ClN2O. The molecule has 1 aliphatic rings. The molecule has 0 spiro atoms. The highest BCUT2D eigenvalue weighted by Crippen LogP contribution is 2.21. The van der Waals surface area contributed by atoms with Crippen LogP contribution in [0.25, 0.3) is 0 Å². The maximum absolute atomic E-state index is 5.87. The fourth-order valence-corrected chi connectivity index (χ4v) is 2.22. The summed E-state index contributed by atoms with van der Waals surface area (Å²) in [5.41, 5.74) is 1.13. The van der Waals surface area contributed by atoms with Crippen molar-refractivity contribution in [3.8, 4) is 0 Å². The minimum Gasteiger partial charge on any atom is -0.381 e. The third kappa shape index (κ3) is 3.09. The predicted octanol–water partition coefficient (Wildman–Crippen LogP) is 2.60. The van der Waals surface area contributed by atoms with Crippen molar-refractivity contribution in [2.24, 2.45) is 5.92 Å². The smallest absolute Gasteiger partial charge is 0.131 e. The van der Waals surface area contributed by atoms with Crippen molar-refractivity contribution in [2.75, 3.05) is 31.7 Å². The highest BCUT2D eigenvalue weighted by Gasteiger charge is 2.16. The number of pyridine rings is 1. The molecule has 0 saturated carbocycles. The van der Waals surface area contributed by atoms with E-state index in [1.165, 1.54) is 0 Å². The first kappa shape index (κ1) is 11.7. The van der Waals surface area contributed by atoms with Gasteiger partial charge < -0.3 is 9.64 Å². The van der Waals surface area contributed by atoms with E-state index in [-0.39, 0.29) is 0 Å². The second-order valence-electron chi connectivity index (χ2n) is 4.27. The zero-order valence-electron chi connectivity index (χ0n) is 9.53. The van der Waals surface area contributed by atoms with E-state index in [1.54, 1.807) is 6.20 Å². The van der Waals surface area contributed by atoms with Crippen LogP contribution in [0.5, 0.6) is 0 Å². The van der Waals surface area contributed by atoms with E-state index in [9.17, 15) is 0 Å². The molecule has 0 amide bonds. The van der Waals surface area contributed by atoms with Crippen molar-refractivity contribution in [1.29, 1.82) is 0 Å². The van der Waals surface area contributed by atoms with Gasteiger partial charge in [-0.15, -0.1) is 0 Å². The fourth-order valence-electron chi connectivity index (χ4n) is 2.05. The molecule has 0 bridgehead atoms. The summed E-state index contributed by atoms with van der Waals surface area (Å²) in [5.74, 6) is 0.727. The highest BCUT2D eigenvalue weighted by molar-refractivity contribution is 6.29. The van der Waals surface area contributed by atoms with Crippen LogP contribution in [0.1, 0.15) is 12.8 Å². The van der Waals surface area contributed by atoms with Gasteiger partial charge in [0.2, 0.25) is 0 Å². The highest BCUT2D eigenvalue weighted by atomic mass is 35.5. The average Bonchev–Trinajstić information content (AvgIpc) is 2.30. The molecule has 0 radical (unpaired) electrons. The molecule has 88 valence electrons. The molecular weight excluding hydrogens is 224 g/mol. The van der Waals surface area contributed by atoms with Crippen LogP contribution in [0, 0.1) is 5.92 Å².